The van der Waals surface area contributed by atoms with Gasteiger partial charge < -0.3 is 5.73 Å². The molecule has 1 amide bonds. The third kappa shape index (κ3) is 3.59. The summed E-state index contributed by atoms with van der Waals surface area (Å²) in [4.78, 5) is 14.2. The standard InChI is InChI=1S/C9H7ClN2O/c10-8-5-1-3-7(12-8)4-2-6-9(11)13/h1,3,5H,6H2,(H2,11,13). The van der Waals surface area contributed by atoms with E-state index in [2.05, 4.69) is 16.8 Å². The third-order valence-electron chi connectivity index (χ3n) is 1.19. The number of rotatable bonds is 1. The average Bonchev–Trinajstić information content (AvgIpc) is 2.03. The van der Waals surface area contributed by atoms with Crippen LogP contribution >= 0.6 is 11.6 Å². The van der Waals surface area contributed by atoms with Crippen LogP contribution in [0.5, 0.6) is 0 Å². The number of nitrogens with two attached hydrogens (primary N) is 1. The second kappa shape index (κ2) is 4.48. The number of primary amides is 1. The fourth-order valence-electron chi connectivity index (χ4n) is 0.700. The van der Waals surface area contributed by atoms with Crippen molar-refractivity contribution in [2.24, 2.45) is 5.73 Å². The first-order valence-corrected chi connectivity index (χ1v) is 3.96. The minimum Gasteiger partial charge on any atom is -0.369 e. The molecule has 0 saturated carbocycles. The van der Waals surface area contributed by atoms with Gasteiger partial charge in [-0.3, -0.25) is 4.79 Å². The van der Waals surface area contributed by atoms with Crippen molar-refractivity contribution in [1.82, 2.24) is 4.98 Å². The molecule has 0 fully saturated rings. The van der Waals surface area contributed by atoms with E-state index in [-0.39, 0.29) is 6.42 Å². The Bertz CT molecular complexity index is 379. The van der Waals surface area contributed by atoms with Gasteiger partial charge in [0, 0.05) is 0 Å². The Kier molecular flexibility index (Phi) is 3.30. The zero-order valence-electron chi connectivity index (χ0n) is 6.75. The Labute approximate surface area is 80.9 Å². The van der Waals surface area contributed by atoms with E-state index in [4.69, 9.17) is 17.3 Å². The monoisotopic (exact) mass is 194 g/mol. The van der Waals surface area contributed by atoms with Gasteiger partial charge in [-0.25, -0.2) is 4.98 Å². The number of hydrogen-bond donors (Lipinski definition) is 1. The Hall–Kier alpha value is -1.53. The van der Waals surface area contributed by atoms with Gasteiger partial charge in [0.1, 0.15) is 10.8 Å². The summed E-state index contributed by atoms with van der Waals surface area (Å²) in [5, 5.41) is 0.380. The lowest BCUT2D eigenvalue weighted by Gasteiger charge is -1.89. The molecule has 0 unspecified atom stereocenters. The number of hydrogen-bond acceptors (Lipinski definition) is 2. The van der Waals surface area contributed by atoms with E-state index in [9.17, 15) is 4.79 Å². The molecule has 66 valence electrons. The summed E-state index contributed by atoms with van der Waals surface area (Å²) in [5.41, 5.74) is 5.43. The summed E-state index contributed by atoms with van der Waals surface area (Å²) in [5.74, 6) is 4.80. The van der Waals surface area contributed by atoms with Gasteiger partial charge in [0.05, 0.1) is 6.42 Å². The van der Waals surface area contributed by atoms with Crippen LogP contribution in [-0.4, -0.2) is 10.9 Å². The maximum Gasteiger partial charge on any atom is 0.229 e. The average molecular weight is 195 g/mol. The van der Waals surface area contributed by atoms with Crippen molar-refractivity contribution < 1.29 is 4.79 Å². The minimum absolute atomic E-state index is 0.0359. The van der Waals surface area contributed by atoms with Gasteiger partial charge in [0.15, 0.2) is 0 Å². The van der Waals surface area contributed by atoms with Gasteiger partial charge in [0.25, 0.3) is 0 Å². The van der Waals surface area contributed by atoms with Gasteiger partial charge in [0.2, 0.25) is 5.91 Å². The molecule has 1 rings (SSSR count). The van der Waals surface area contributed by atoms with Crippen molar-refractivity contribution in [2.45, 2.75) is 6.42 Å². The summed E-state index contributed by atoms with van der Waals surface area (Å²) in [6.07, 6.45) is 0.0359. The lowest BCUT2D eigenvalue weighted by atomic mass is 10.3. The Morgan fingerprint density at radius 1 is 1.62 bits per heavy atom. The molecule has 4 heteroatoms. The first-order valence-electron chi connectivity index (χ1n) is 3.58. The zero-order chi connectivity index (χ0) is 9.68. The predicted octanol–water partition coefficient (Wildman–Crippen LogP) is 0.962. The van der Waals surface area contributed by atoms with Crippen LogP contribution in [-0.2, 0) is 4.79 Å². The molecule has 3 nitrogen and oxygen atoms in total. The number of amides is 1. The highest BCUT2D eigenvalue weighted by molar-refractivity contribution is 6.29. The largest absolute Gasteiger partial charge is 0.369 e. The zero-order valence-corrected chi connectivity index (χ0v) is 7.51. The lowest BCUT2D eigenvalue weighted by Crippen LogP contribution is -2.08. The molecule has 0 bridgehead atoms. The molecule has 1 heterocycles. The SMILES string of the molecule is NC(=O)CC#Cc1cccc(Cl)n1. The fourth-order valence-corrected chi connectivity index (χ4v) is 0.864. The molecule has 0 aromatic carbocycles. The van der Waals surface area contributed by atoms with E-state index >= 15 is 0 Å². The third-order valence-corrected chi connectivity index (χ3v) is 1.40. The molecular formula is C9H7ClN2O. The van der Waals surface area contributed by atoms with Crippen molar-refractivity contribution in [3.8, 4) is 11.8 Å². The van der Waals surface area contributed by atoms with Crippen molar-refractivity contribution in [1.29, 1.82) is 0 Å². The van der Waals surface area contributed by atoms with Gasteiger partial charge in [-0.2, -0.15) is 0 Å². The van der Waals surface area contributed by atoms with Gasteiger partial charge >= 0.3 is 0 Å². The number of pyridine rings is 1. The van der Waals surface area contributed by atoms with Gasteiger partial charge in [-0.1, -0.05) is 23.6 Å². The number of carbonyl (C=O) groups is 1. The topological polar surface area (TPSA) is 56.0 Å². The highest BCUT2D eigenvalue weighted by atomic mass is 35.5. The van der Waals surface area contributed by atoms with Crippen LogP contribution in [0.1, 0.15) is 12.1 Å². The molecule has 1 aromatic heterocycles. The Morgan fingerprint density at radius 3 is 3.00 bits per heavy atom. The summed E-state index contributed by atoms with van der Waals surface area (Å²) >= 11 is 5.62. The van der Waals surface area contributed by atoms with E-state index in [0.717, 1.165) is 0 Å². The maximum absolute atomic E-state index is 10.3. The Morgan fingerprint density at radius 2 is 2.38 bits per heavy atom. The summed E-state index contributed by atoms with van der Waals surface area (Å²) in [7, 11) is 0. The first kappa shape index (κ1) is 9.56. The Balaban J connectivity index is 2.72. The normalized spacial score (nSPS) is 8.69. The van der Waals surface area contributed by atoms with Crippen LogP contribution in [0.3, 0.4) is 0 Å². The number of carbonyl (C=O) groups excluding carboxylic acids is 1. The van der Waals surface area contributed by atoms with E-state index in [0.29, 0.717) is 10.8 Å². The highest BCUT2D eigenvalue weighted by Crippen LogP contribution is 2.03. The van der Waals surface area contributed by atoms with Crippen molar-refractivity contribution in [3.05, 3.63) is 29.0 Å². The van der Waals surface area contributed by atoms with Crippen LogP contribution in [0.4, 0.5) is 0 Å². The van der Waals surface area contributed by atoms with E-state index < -0.39 is 5.91 Å². The molecule has 0 saturated heterocycles. The quantitative estimate of drug-likeness (QED) is 0.535. The first-order chi connectivity index (χ1) is 6.18. The maximum atomic E-state index is 10.3. The van der Waals surface area contributed by atoms with Crippen molar-refractivity contribution in [3.63, 3.8) is 0 Å². The van der Waals surface area contributed by atoms with Crippen LogP contribution in [0.15, 0.2) is 18.2 Å². The molecule has 0 aliphatic heterocycles. The molecule has 2 N–H and O–H groups in total. The predicted molar refractivity (Wildman–Crippen MR) is 49.9 cm³/mol. The second-order valence-electron chi connectivity index (χ2n) is 2.29. The molecule has 0 aliphatic carbocycles. The molecular weight excluding hydrogens is 188 g/mol. The summed E-state index contributed by atoms with van der Waals surface area (Å²) in [6.45, 7) is 0. The van der Waals surface area contributed by atoms with Gasteiger partial charge in [-0.05, 0) is 18.1 Å². The smallest absolute Gasteiger partial charge is 0.229 e. The van der Waals surface area contributed by atoms with Crippen LogP contribution in [0.25, 0.3) is 0 Å². The van der Waals surface area contributed by atoms with Crippen molar-refractivity contribution in [2.75, 3.05) is 0 Å². The molecule has 0 spiro atoms. The van der Waals surface area contributed by atoms with Gasteiger partial charge in [-0.15, -0.1) is 0 Å². The van der Waals surface area contributed by atoms with E-state index in [1.54, 1.807) is 18.2 Å². The number of halogens is 1. The number of aromatic nitrogens is 1. The van der Waals surface area contributed by atoms with Crippen LogP contribution in [0, 0.1) is 11.8 Å². The molecule has 1 aromatic rings. The number of nitrogens with zero attached hydrogens (tertiary/aromatic N) is 1. The second-order valence-corrected chi connectivity index (χ2v) is 2.68. The summed E-state index contributed by atoms with van der Waals surface area (Å²) < 4.78 is 0. The molecule has 0 atom stereocenters. The summed E-state index contributed by atoms with van der Waals surface area (Å²) in [6, 6.07) is 5.10. The van der Waals surface area contributed by atoms with E-state index in [1.165, 1.54) is 0 Å². The highest BCUT2D eigenvalue weighted by Gasteiger charge is 1.90. The van der Waals surface area contributed by atoms with Crippen molar-refractivity contribution >= 4 is 17.5 Å². The minimum atomic E-state index is -0.450. The molecule has 0 radical (unpaired) electrons. The molecule has 0 aliphatic rings. The van der Waals surface area contributed by atoms with Crippen LogP contribution < -0.4 is 5.73 Å². The molecule has 13 heavy (non-hydrogen) atoms. The fraction of sp³-hybridized carbons (Fsp3) is 0.111. The lowest BCUT2D eigenvalue weighted by molar-refractivity contribution is -0.117. The van der Waals surface area contributed by atoms with E-state index in [1.807, 2.05) is 0 Å². The van der Waals surface area contributed by atoms with Crippen LogP contribution in [0.2, 0.25) is 5.15 Å².